The first-order chi connectivity index (χ1) is 12.4. The van der Waals surface area contributed by atoms with Gasteiger partial charge in [-0.25, -0.2) is 0 Å². The number of carbonyl (C=O) groups excluding carboxylic acids is 1. The molecule has 2 unspecified atom stereocenters. The predicted octanol–water partition coefficient (Wildman–Crippen LogP) is 4.09. The first-order valence-corrected chi connectivity index (χ1v) is 8.65. The van der Waals surface area contributed by atoms with E-state index >= 15 is 0 Å². The van der Waals surface area contributed by atoms with Gasteiger partial charge in [-0.1, -0.05) is 37.3 Å². The third-order valence-corrected chi connectivity index (χ3v) is 4.36. The number of carboxylic acids is 1. The Morgan fingerprint density at radius 2 is 1.73 bits per heavy atom. The third kappa shape index (κ3) is 5.34. The highest BCUT2D eigenvalue weighted by atomic mass is 16.5. The van der Waals surface area contributed by atoms with Crippen molar-refractivity contribution >= 4 is 17.6 Å². The number of hydrogen-bond donors (Lipinski definition) is 2. The van der Waals surface area contributed by atoms with Crippen LogP contribution in [0.2, 0.25) is 0 Å². The minimum atomic E-state index is -0.869. The van der Waals surface area contributed by atoms with Crippen molar-refractivity contribution in [2.45, 2.75) is 32.6 Å². The van der Waals surface area contributed by atoms with Gasteiger partial charge in [0.25, 0.3) is 0 Å². The molecule has 0 radical (unpaired) electrons. The maximum atomic E-state index is 12.3. The number of para-hydroxylation sites is 1. The van der Waals surface area contributed by atoms with Crippen molar-refractivity contribution in [1.29, 1.82) is 0 Å². The van der Waals surface area contributed by atoms with Crippen LogP contribution in [-0.4, -0.2) is 24.1 Å². The van der Waals surface area contributed by atoms with Crippen LogP contribution in [0.3, 0.4) is 0 Å². The van der Waals surface area contributed by atoms with Crippen molar-refractivity contribution in [1.82, 2.24) is 0 Å². The van der Waals surface area contributed by atoms with Crippen LogP contribution in [0.5, 0.6) is 5.75 Å². The number of benzene rings is 2. The zero-order chi connectivity index (χ0) is 19.1. The molecule has 0 aromatic heterocycles. The second-order valence-electron chi connectivity index (χ2n) is 6.56. The molecule has 2 aromatic rings. The van der Waals surface area contributed by atoms with Crippen LogP contribution in [-0.2, 0) is 16.0 Å². The number of nitrogens with one attached hydrogen (secondary N) is 1. The molecule has 2 atom stereocenters. The zero-order valence-corrected chi connectivity index (χ0v) is 15.4. The lowest BCUT2D eigenvalue weighted by molar-refractivity contribution is -0.138. The maximum absolute atomic E-state index is 12.3. The van der Waals surface area contributed by atoms with Crippen LogP contribution >= 0.6 is 0 Å². The largest absolute Gasteiger partial charge is 0.496 e. The van der Waals surface area contributed by atoms with Crippen LogP contribution in [0.15, 0.2) is 48.5 Å². The molecule has 26 heavy (non-hydrogen) atoms. The smallest absolute Gasteiger partial charge is 0.310 e. The summed E-state index contributed by atoms with van der Waals surface area (Å²) in [5, 5.41) is 11.9. The van der Waals surface area contributed by atoms with E-state index in [9.17, 15) is 9.59 Å². The highest BCUT2D eigenvalue weighted by molar-refractivity contribution is 5.91. The Kier molecular flexibility index (Phi) is 6.78. The number of rotatable bonds is 8. The van der Waals surface area contributed by atoms with E-state index < -0.39 is 11.9 Å². The molecular formula is C21H25NO4. The van der Waals surface area contributed by atoms with Crippen molar-refractivity contribution < 1.29 is 19.4 Å². The maximum Gasteiger partial charge on any atom is 0.310 e. The monoisotopic (exact) mass is 355 g/mol. The quantitative estimate of drug-likeness (QED) is 0.748. The zero-order valence-electron chi connectivity index (χ0n) is 15.4. The fourth-order valence-electron chi connectivity index (χ4n) is 2.85. The van der Waals surface area contributed by atoms with Crippen molar-refractivity contribution in [2.24, 2.45) is 5.92 Å². The average Bonchev–Trinajstić information content (AvgIpc) is 2.61. The van der Waals surface area contributed by atoms with Gasteiger partial charge in [-0.3, -0.25) is 9.59 Å². The molecule has 0 saturated carbocycles. The van der Waals surface area contributed by atoms with Gasteiger partial charge in [0.05, 0.1) is 13.0 Å². The molecule has 0 saturated heterocycles. The minimum Gasteiger partial charge on any atom is -0.496 e. The molecule has 0 spiro atoms. The number of ether oxygens (including phenoxy) is 1. The molecule has 0 aliphatic carbocycles. The summed E-state index contributed by atoms with van der Waals surface area (Å²) in [5.41, 5.74) is 2.46. The predicted molar refractivity (Wildman–Crippen MR) is 102 cm³/mol. The van der Waals surface area contributed by atoms with Gasteiger partial charge in [0.1, 0.15) is 5.75 Å². The SMILES string of the molecule is COc1ccccc1CC(C)CC(=O)Nc1ccc(C(C)C(=O)O)cc1. The number of carbonyl (C=O) groups is 2. The van der Waals surface area contributed by atoms with Crippen LogP contribution in [0.4, 0.5) is 5.69 Å². The van der Waals surface area contributed by atoms with Gasteiger partial charge in [0, 0.05) is 12.1 Å². The molecule has 0 aliphatic rings. The van der Waals surface area contributed by atoms with E-state index in [1.54, 1.807) is 38.3 Å². The van der Waals surface area contributed by atoms with Crippen molar-refractivity contribution in [2.75, 3.05) is 12.4 Å². The summed E-state index contributed by atoms with van der Waals surface area (Å²) in [7, 11) is 1.64. The van der Waals surface area contributed by atoms with E-state index in [0.717, 1.165) is 17.7 Å². The van der Waals surface area contributed by atoms with Gasteiger partial charge >= 0.3 is 5.97 Å². The van der Waals surface area contributed by atoms with Crippen molar-refractivity contribution in [3.05, 3.63) is 59.7 Å². The molecule has 2 aromatic carbocycles. The highest BCUT2D eigenvalue weighted by Crippen LogP contribution is 2.23. The number of methoxy groups -OCH3 is 1. The van der Waals surface area contributed by atoms with E-state index in [1.807, 2.05) is 31.2 Å². The Morgan fingerprint density at radius 1 is 1.08 bits per heavy atom. The van der Waals surface area contributed by atoms with Gasteiger partial charge in [-0.2, -0.15) is 0 Å². The molecular weight excluding hydrogens is 330 g/mol. The van der Waals surface area contributed by atoms with Crippen LogP contribution < -0.4 is 10.1 Å². The average molecular weight is 355 g/mol. The van der Waals surface area contributed by atoms with E-state index in [-0.39, 0.29) is 11.8 Å². The number of hydrogen-bond acceptors (Lipinski definition) is 3. The molecule has 2 N–H and O–H groups in total. The Balaban J connectivity index is 1.90. The van der Waals surface area contributed by atoms with Crippen LogP contribution in [0.25, 0.3) is 0 Å². The molecule has 0 aliphatic heterocycles. The van der Waals surface area contributed by atoms with E-state index in [0.29, 0.717) is 17.7 Å². The lowest BCUT2D eigenvalue weighted by Crippen LogP contribution is -2.16. The summed E-state index contributed by atoms with van der Waals surface area (Å²) in [4.78, 5) is 23.3. The number of anilines is 1. The number of amides is 1. The standard InChI is InChI=1S/C21H25NO4/c1-14(12-17-6-4-5-7-19(17)26-3)13-20(23)22-18-10-8-16(9-11-18)15(2)21(24)25/h4-11,14-15H,12-13H2,1-3H3,(H,22,23)(H,24,25). The first-order valence-electron chi connectivity index (χ1n) is 8.65. The molecule has 138 valence electrons. The fourth-order valence-corrected chi connectivity index (χ4v) is 2.85. The normalized spacial score (nSPS) is 12.9. The first kappa shape index (κ1) is 19.5. The molecule has 2 rings (SSSR count). The van der Waals surface area contributed by atoms with Gasteiger partial charge in [0.2, 0.25) is 5.91 Å². The third-order valence-electron chi connectivity index (χ3n) is 4.36. The topological polar surface area (TPSA) is 75.6 Å². The van der Waals surface area contributed by atoms with Crippen molar-refractivity contribution in [3.63, 3.8) is 0 Å². The second kappa shape index (κ2) is 9.04. The Morgan fingerprint density at radius 3 is 2.35 bits per heavy atom. The van der Waals surface area contributed by atoms with E-state index in [2.05, 4.69) is 5.32 Å². The number of aliphatic carboxylic acids is 1. The fraction of sp³-hybridized carbons (Fsp3) is 0.333. The summed E-state index contributed by atoms with van der Waals surface area (Å²) < 4.78 is 5.35. The minimum absolute atomic E-state index is 0.0635. The van der Waals surface area contributed by atoms with Crippen LogP contribution in [0, 0.1) is 5.92 Å². The van der Waals surface area contributed by atoms with Crippen LogP contribution in [0.1, 0.15) is 37.3 Å². The van der Waals surface area contributed by atoms with E-state index in [1.165, 1.54) is 0 Å². The molecule has 0 fully saturated rings. The van der Waals surface area contributed by atoms with Crippen molar-refractivity contribution in [3.8, 4) is 5.75 Å². The molecule has 0 bridgehead atoms. The summed E-state index contributed by atoms with van der Waals surface area (Å²) in [6.07, 6.45) is 1.15. The summed E-state index contributed by atoms with van der Waals surface area (Å²) in [6, 6.07) is 14.7. The molecule has 5 nitrogen and oxygen atoms in total. The van der Waals surface area contributed by atoms with E-state index in [4.69, 9.17) is 9.84 Å². The van der Waals surface area contributed by atoms with Gasteiger partial charge in [0.15, 0.2) is 0 Å². The van der Waals surface area contributed by atoms with Gasteiger partial charge < -0.3 is 15.2 Å². The molecule has 1 amide bonds. The summed E-state index contributed by atoms with van der Waals surface area (Å²) in [5.74, 6) is -0.500. The molecule has 0 heterocycles. The van der Waals surface area contributed by atoms with Gasteiger partial charge in [-0.05, 0) is 48.6 Å². The lowest BCUT2D eigenvalue weighted by atomic mass is 9.97. The Labute approximate surface area is 154 Å². The highest BCUT2D eigenvalue weighted by Gasteiger charge is 2.15. The summed E-state index contributed by atoms with van der Waals surface area (Å²) >= 11 is 0. The Bertz CT molecular complexity index is 755. The second-order valence-corrected chi connectivity index (χ2v) is 6.56. The number of carboxylic acid groups (broad SMARTS) is 1. The Hall–Kier alpha value is -2.82. The molecule has 5 heteroatoms. The lowest BCUT2D eigenvalue weighted by Gasteiger charge is -2.14. The van der Waals surface area contributed by atoms with Gasteiger partial charge in [-0.15, -0.1) is 0 Å². The summed E-state index contributed by atoms with van der Waals surface area (Å²) in [6.45, 7) is 3.67.